The summed E-state index contributed by atoms with van der Waals surface area (Å²) >= 11 is 0. The largest absolute Gasteiger partial charge is 0.417 e. The second kappa shape index (κ2) is 7.75. The van der Waals surface area contributed by atoms with Gasteiger partial charge in [0, 0.05) is 18.0 Å². The summed E-state index contributed by atoms with van der Waals surface area (Å²) in [6.45, 7) is 0.0763. The number of amides is 1. The van der Waals surface area contributed by atoms with Gasteiger partial charge in [-0.1, -0.05) is 24.3 Å². The predicted molar refractivity (Wildman–Crippen MR) is 98.3 cm³/mol. The van der Waals surface area contributed by atoms with E-state index in [1.54, 1.807) is 36.5 Å². The van der Waals surface area contributed by atoms with E-state index in [0.717, 1.165) is 11.1 Å². The fourth-order valence-electron chi connectivity index (χ4n) is 2.58. The van der Waals surface area contributed by atoms with Crippen LogP contribution in [0.3, 0.4) is 0 Å². The van der Waals surface area contributed by atoms with Gasteiger partial charge in [-0.25, -0.2) is 9.37 Å². The fraction of sp³-hybridized carbons (Fsp3) is 0.0500. The lowest BCUT2D eigenvalue weighted by Gasteiger charge is -2.06. The van der Waals surface area contributed by atoms with Crippen LogP contribution in [-0.4, -0.2) is 26.1 Å². The van der Waals surface area contributed by atoms with Crippen molar-refractivity contribution >= 4 is 5.91 Å². The van der Waals surface area contributed by atoms with Gasteiger partial charge in [0.1, 0.15) is 11.5 Å². The molecule has 4 rings (SSSR count). The number of rotatable bonds is 5. The molecule has 7 nitrogen and oxygen atoms in total. The number of hydrogen-bond donors (Lipinski definition) is 1. The average molecular weight is 375 g/mol. The Hall–Kier alpha value is -3.94. The number of aromatic nitrogens is 4. The normalized spacial score (nSPS) is 10.6. The third-order valence-corrected chi connectivity index (χ3v) is 3.95. The number of halogens is 1. The molecule has 8 heteroatoms. The van der Waals surface area contributed by atoms with Crippen LogP contribution >= 0.6 is 0 Å². The van der Waals surface area contributed by atoms with Gasteiger partial charge < -0.3 is 9.73 Å². The first kappa shape index (κ1) is 17.5. The van der Waals surface area contributed by atoms with Crippen LogP contribution in [0.25, 0.3) is 22.7 Å². The first-order valence-electron chi connectivity index (χ1n) is 8.42. The van der Waals surface area contributed by atoms with E-state index in [1.807, 2.05) is 6.07 Å². The minimum Gasteiger partial charge on any atom is -0.417 e. The van der Waals surface area contributed by atoms with E-state index < -0.39 is 0 Å². The van der Waals surface area contributed by atoms with Crippen LogP contribution in [-0.2, 0) is 6.54 Å². The predicted octanol–water partition coefficient (Wildman–Crippen LogP) is 3.26. The summed E-state index contributed by atoms with van der Waals surface area (Å²) in [6.07, 6.45) is 4.58. The summed E-state index contributed by atoms with van der Waals surface area (Å²) in [4.78, 5) is 20.5. The summed E-state index contributed by atoms with van der Waals surface area (Å²) in [5.41, 5.74) is 2.56. The van der Waals surface area contributed by atoms with E-state index in [-0.39, 0.29) is 30.1 Å². The molecule has 0 saturated carbocycles. The summed E-state index contributed by atoms with van der Waals surface area (Å²) in [7, 11) is 0. The van der Waals surface area contributed by atoms with Crippen LogP contribution in [0.4, 0.5) is 4.39 Å². The number of benzene rings is 2. The van der Waals surface area contributed by atoms with Crippen LogP contribution < -0.4 is 5.32 Å². The van der Waals surface area contributed by atoms with Crippen LogP contribution in [0.2, 0.25) is 0 Å². The Morgan fingerprint density at radius 2 is 1.89 bits per heavy atom. The van der Waals surface area contributed by atoms with E-state index in [0.29, 0.717) is 11.3 Å². The van der Waals surface area contributed by atoms with Crippen LogP contribution in [0.1, 0.15) is 16.2 Å². The van der Waals surface area contributed by atoms with E-state index in [9.17, 15) is 9.18 Å². The zero-order valence-electron chi connectivity index (χ0n) is 14.5. The van der Waals surface area contributed by atoms with Gasteiger partial charge in [-0.2, -0.15) is 0 Å². The maximum atomic E-state index is 13.1. The van der Waals surface area contributed by atoms with Gasteiger partial charge in [0.05, 0.1) is 12.7 Å². The molecular formula is C20H14FN5O2. The van der Waals surface area contributed by atoms with E-state index in [1.165, 1.54) is 24.5 Å². The molecule has 1 N–H and O–H groups in total. The topological polar surface area (TPSA) is 93.8 Å². The summed E-state index contributed by atoms with van der Waals surface area (Å²) in [6, 6.07) is 13.2. The Kier molecular flexibility index (Phi) is 4.83. The molecule has 0 fully saturated rings. The van der Waals surface area contributed by atoms with Crippen LogP contribution in [0.5, 0.6) is 0 Å². The van der Waals surface area contributed by atoms with Crippen molar-refractivity contribution in [2.45, 2.75) is 6.54 Å². The summed E-state index contributed by atoms with van der Waals surface area (Å²) in [5.74, 6) is -0.111. The molecule has 2 aromatic carbocycles. The Labute approximate surface area is 159 Å². The van der Waals surface area contributed by atoms with Gasteiger partial charge >= 0.3 is 0 Å². The molecule has 0 aliphatic heterocycles. The molecule has 1 amide bonds. The van der Waals surface area contributed by atoms with Crippen molar-refractivity contribution < 1.29 is 13.6 Å². The zero-order valence-corrected chi connectivity index (χ0v) is 14.5. The van der Waals surface area contributed by atoms with Gasteiger partial charge in [-0.3, -0.25) is 9.78 Å². The van der Waals surface area contributed by atoms with Crippen molar-refractivity contribution in [1.82, 2.24) is 25.5 Å². The third-order valence-electron chi connectivity index (χ3n) is 3.95. The lowest BCUT2D eigenvalue weighted by atomic mass is 10.0. The van der Waals surface area contributed by atoms with Crippen molar-refractivity contribution in [2.75, 3.05) is 0 Å². The molecule has 0 aliphatic carbocycles. The molecule has 0 radical (unpaired) electrons. The monoisotopic (exact) mass is 375 g/mol. The van der Waals surface area contributed by atoms with Crippen LogP contribution in [0, 0.1) is 5.82 Å². The van der Waals surface area contributed by atoms with Crippen molar-refractivity contribution in [1.29, 1.82) is 0 Å². The Morgan fingerprint density at radius 3 is 2.68 bits per heavy atom. The number of carbonyl (C=O) groups is 1. The van der Waals surface area contributed by atoms with E-state index in [2.05, 4.69) is 25.5 Å². The molecule has 2 heterocycles. The lowest BCUT2D eigenvalue weighted by molar-refractivity contribution is 0.0947. The van der Waals surface area contributed by atoms with Gasteiger partial charge in [0.15, 0.2) is 0 Å². The standard InChI is InChI=1S/C20H14FN5O2/c21-16-6-4-13(5-7-16)14-2-1-3-15(10-14)19(27)24-12-18-25-26-20(28-18)17-11-22-8-9-23-17/h1-11H,12H2,(H,24,27). The number of carbonyl (C=O) groups excluding carboxylic acids is 1. The highest BCUT2D eigenvalue weighted by Gasteiger charge is 2.12. The van der Waals surface area contributed by atoms with Gasteiger partial charge in [0.25, 0.3) is 11.8 Å². The van der Waals surface area contributed by atoms with Crippen molar-refractivity contribution in [3.63, 3.8) is 0 Å². The number of hydrogen-bond acceptors (Lipinski definition) is 6. The minimum absolute atomic E-state index is 0.0763. The highest BCUT2D eigenvalue weighted by Crippen LogP contribution is 2.21. The fourth-order valence-corrected chi connectivity index (χ4v) is 2.58. The second-order valence-corrected chi connectivity index (χ2v) is 5.86. The highest BCUT2D eigenvalue weighted by atomic mass is 19.1. The van der Waals surface area contributed by atoms with Crippen molar-refractivity contribution in [3.05, 3.63) is 84.4 Å². The minimum atomic E-state index is -0.307. The number of nitrogens with one attached hydrogen (secondary N) is 1. The maximum absolute atomic E-state index is 13.1. The van der Waals surface area contributed by atoms with Gasteiger partial charge in [0.2, 0.25) is 5.89 Å². The highest BCUT2D eigenvalue weighted by molar-refractivity contribution is 5.95. The smallest absolute Gasteiger partial charge is 0.267 e. The lowest BCUT2D eigenvalue weighted by Crippen LogP contribution is -2.22. The Morgan fingerprint density at radius 1 is 1.04 bits per heavy atom. The first-order valence-corrected chi connectivity index (χ1v) is 8.42. The molecule has 4 aromatic rings. The summed E-state index contributed by atoms with van der Waals surface area (Å²) < 4.78 is 18.6. The molecule has 0 spiro atoms. The van der Waals surface area contributed by atoms with E-state index >= 15 is 0 Å². The first-order chi connectivity index (χ1) is 13.7. The molecule has 0 aliphatic rings. The molecule has 28 heavy (non-hydrogen) atoms. The van der Waals surface area contributed by atoms with Crippen molar-refractivity contribution in [3.8, 4) is 22.7 Å². The Bertz CT molecular complexity index is 1100. The molecule has 0 saturated heterocycles. The van der Waals surface area contributed by atoms with Crippen LogP contribution in [0.15, 0.2) is 71.5 Å². The van der Waals surface area contributed by atoms with Crippen molar-refractivity contribution in [2.24, 2.45) is 0 Å². The molecular weight excluding hydrogens is 361 g/mol. The SMILES string of the molecule is O=C(NCc1nnc(-c2cnccn2)o1)c1cccc(-c2ccc(F)cc2)c1. The zero-order chi connectivity index (χ0) is 19.3. The molecule has 0 unspecified atom stereocenters. The molecule has 2 aromatic heterocycles. The second-order valence-electron chi connectivity index (χ2n) is 5.86. The van der Waals surface area contributed by atoms with Gasteiger partial charge in [-0.15, -0.1) is 10.2 Å². The van der Waals surface area contributed by atoms with E-state index in [4.69, 9.17) is 4.42 Å². The third kappa shape index (κ3) is 3.90. The molecule has 138 valence electrons. The molecule has 0 bridgehead atoms. The number of nitrogens with zero attached hydrogens (tertiary/aromatic N) is 4. The quantitative estimate of drug-likeness (QED) is 0.575. The van der Waals surface area contributed by atoms with Gasteiger partial charge in [-0.05, 0) is 35.4 Å². The maximum Gasteiger partial charge on any atom is 0.267 e. The Balaban J connectivity index is 1.44. The summed E-state index contributed by atoms with van der Waals surface area (Å²) in [5, 5.41) is 10.5. The molecule has 0 atom stereocenters. The average Bonchev–Trinajstić information content (AvgIpc) is 3.22.